The minimum absolute atomic E-state index is 0.242. The molecule has 0 amide bonds. The van der Waals surface area contributed by atoms with Crippen molar-refractivity contribution in [1.82, 2.24) is 0 Å². The lowest BCUT2D eigenvalue weighted by Crippen LogP contribution is -2.42. The van der Waals surface area contributed by atoms with Gasteiger partial charge in [0.25, 0.3) is 5.12 Å². The van der Waals surface area contributed by atoms with Crippen LogP contribution in [-0.2, 0) is 22.9 Å². The van der Waals surface area contributed by atoms with E-state index in [9.17, 15) is 9.59 Å². The van der Waals surface area contributed by atoms with Gasteiger partial charge in [0.1, 0.15) is 0 Å². The molecular formula is C20H40O5SSi. The molecule has 0 atom stereocenters. The third-order valence-corrected chi connectivity index (χ3v) is 8.59. The molecule has 0 aromatic carbocycles. The molecule has 0 unspecified atom stereocenters. The molecule has 5 nitrogen and oxygen atoms in total. The zero-order valence-corrected chi connectivity index (χ0v) is 19.7. The standard InChI is InChI=1S/C20H40O5SSi/c1-5-6-7-8-9-10-11-12-13-14-16-19(21)20(22)26-17-15-18-27(23-2,24-3)25-4/h5-18H2,1-4H3. The Labute approximate surface area is 171 Å². The van der Waals surface area contributed by atoms with E-state index in [0.717, 1.165) is 31.0 Å². The van der Waals surface area contributed by atoms with Gasteiger partial charge in [-0.2, -0.15) is 0 Å². The van der Waals surface area contributed by atoms with E-state index in [1.807, 2.05) is 0 Å². The summed E-state index contributed by atoms with van der Waals surface area (Å²) in [5, 5.41) is -0.314. The van der Waals surface area contributed by atoms with Crippen LogP contribution in [0.25, 0.3) is 0 Å². The summed E-state index contributed by atoms with van der Waals surface area (Å²) in [5.74, 6) is 0.348. The number of Topliss-reactive ketones (excluding diaryl/α,β-unsaturated/α-hetero) is 1. The van der Waals surface area contributed by atoms with Crippen molar-refractivity contribution in [2.75, 3.05) is 27.1 Å². The lowest BCUT2D eigenvalue weighted by atomic mass is 10.1. The molecule has 0 saturated heterocycles. The largest absolute Gasteiger partial charge is 0.500 e. The second-order valence-corrected chi connectivity index (χ2v) is 11.0. The first-order valence-electron chi connectivity index (χ1n) is 10.4. The van der Waals surface area contributed by atoms with Gasteiger partial charge in [-0.25, -0.2) is 0 Å². The number of carbonyl (C=O) groups is 2. The summed E-state index contributed by atoms with van der Waals surface area (Å²) in [4.78, 5) is 23.8. The van der Waals surface area contributed by atoms with Gasteiger partial charge < -0.3 is 13.3 Å². The quantitative estimate of drug-likeness (QED) is 0.158. The van der Waals surface area contributed by atoms with Crippen LogP contribution in [0.4, 0.5) is 0 Å². The van der Waals surface area contributed by atoms with E-state index in [2.05, 4.69) is 6.92 Å². The number of thioether (sulfide) groups is 1. The molecule has 0 aromatic heterocycles. The van der Waals surface area contributed by atoms with E-state index in [1.54, 1.807) is 21.3 Å². The van der Waals surface area contributed by atoms with Crippen LogP contribution in [0.5, 0.6) is 0 Å². The summed E-state index contributed by atoms with van der Waals surface area (Å²) in [6, 6.07) is 0.642. The van der Waals surface area contributed by atoms with Gasteiger partial charge in [-0.15, -0.1) is 0 Å². The molecule has 0 heterocycles. The van der Waals surface area contributed by atoms with Gasteiger partial charge in [-0.05, 0) is 12.8 Å². The lowest BCUT2D eigenvalue weighted by Gasteiger charge is -2.23. The monoisotopic (exact) mass is 420 g/mol. The maximum atomic E-state index is 11.9. The SMILES string of the molecule is CCCCCCCCCCCCC(=O)C(=O)SCCC[Si](OC)(OC)OC. The molecule has 160 valence electrons. The molecular weight excluding hydrogens is 380 g/mol. The molecule has 0 N–H and O–H groups in total. The van der Waals surface area contributed by atoms with Crippen LogP contribution in [0.3, 0.4) is 0 Å². The third kappa shape index (κ3) is 13.6. The van der Waals surface area contributed by atoms with Gasteiger partial charge in [0.05, 0.1) is 0 Å². The van der Waals surface area contributed by atoms with E-state index in [-0.39, 0.29) is 10.9 Å². The maximum absolute atomic E-state index is 11.9. The summed E-state index contributed by atoms with van der Waals surface area (Å²) in [6.07, 6.45) is 13.4. The fourth-order valence-electron chi connectivity index (χ4n) is 2.97. The molecule has 0 rings (SSSR count). The third-order valence-electron chi connectivity index (χ3n) is 4.78. The molecule has 0 radical (unpaired) electrons. The Hall–Kier alpha value is -0.213. The number of hydrogen-bond acceptors (Lipinski definition) is 6. The average molecular weight is 421 g/mol. The van der Waals surface area contributed by atoms with E-state index < -0.39 is 8.80 Å². The van der Waals surface area contributed by atoms with Gasteiger partial charge in [-0.1, -0.05) is 76.5 Å². The second-order valence-electron chi connectivity index (χ2n) is 6.89. The van der Waals surface area contributed by atoms with Crippen LogP contribution >= 0.6 is 11.8 Å². The van der Waals surface area contributed by atoms with Crippen LogP contribution in [0, 0.1) is 0 Å². The van der Waals surface area contributed by atoms with Crippen LogP contribution in [0.15, 0.2) is 0 Å². The summed E-state index contributed by atoms with van der Waals surface area (Å²) in [5.41, 5.74) is 0. The van der Waals surface area contributed by atoms with Gasteiger partial charge in [0.2, 0.25) is 5.78 Å². The molecule has 7 heteroatoms. The Morgan fingerprint density at radius 1 is 0.741 bits per heavy atom. The molecule has 0 aliphatic heterocycles. The Morgan fingerprint density at radius 3 is 1.70 bits per heavy atom. The predicted octanol–water partition coefficient (Wildman–Crippen LogP) is 5.39. The first kappa shape index (κ1) is 26.8. The summed E-state index contributed by atoms with van der Waals surface area (Å²) >= 11 is 1.11. The van der Waals surface area contributed by atoms with E-state index in [1.165, 1.54) is 51.4 Å². The van der Waals surface area contributed by atoms with E-state index in [0.29, 0.717) is 18.2 Å². The molecule has 0 saturated carbocycles. The van der Waals surface area contributed by atoms with Gasteiger partial charge >= 0.3 is 8.80 Å². The highest BCUT2D eigenvalue weighted by molar-refractivity contribution is 8.15. The minimum Gasteiger partial charge on any atom is -0.377 e. The molecule has 0 aliphatic carbocycles. The Morgan fingerprint density at radius 2 is 1.22 bits per heavy atom. The summed E-state index contributed by atoms with van der Waals surface area (Å²) in [6.45, 7) is 2.24. The van der Waals surface area contributed by atoms with Crippen molar-refractivity contribution in [1.29, 1.82) is 0 Å². The molecule has 27 heavy (non-hydrogen) atoms. The van der Waals surface area contributed by atoms with E-state index in [4.69, 9.17) is 13.3 Å². The zero-order valence-electron chi connectivity index (χ0n) is 17.8. The minimum atomic E-state index is -2.57. The normalized spacial score (nSPS) is 11.7. The first-order chi connectivity index (χ1) is 13.0. The lowest BCUT2D eigenvalue weighted by molar-refractivity contribution is -0.131. The van der Waals surface area contributed by atoms with Crippen LogP contribution in [0.2, 0.25) is 6.04 Å². The molecule has 0 fully saturated rings. The smallest absolute Gasteiger partial charge is 0.377 e. The number of ketones is 1. The summed E-state index contributed by atoms with van der Waals surface area (Å²) < 4.78 is 16.0. The highest BCUT2D eigenvalue weighted by Crippen LogP contribution is 2.18. The van der Waals surface area contributed by atoms with Crippen LogP contribution < -0.4 is 0 Å². The van der Waals surface area contributed by atoms with Crippen molar-refractivity contribution in [3.05, 3.63) is 0 Å². The van der Waals surface area contributed by atoms with Crippen molar-refractivity contribution in [2.45, 2.75) is 90.0 Å². The highest BCUT2D eigenvalue weighted by Gasteiger charge is 2.36. The Balaban J connectivity index is 3.63. The molecule has 0 bridgehead atoms. The molecule has 0 aromatic rings. The summed E-state index contributed by atoms with van der Waals surface area (Å²) in [7, 11) is 2.16. The maximum Gasteiger partial charge on any atom is 0.500 e. The van der Waals surface area contributed by atoms with Crippen molar-refractivity contribution >= 4 is 31.5 Å². The fourth-order valence-corrected chi connectivity index (χ4v) is 5.68. The number of rotatable bonds is 19. The van der Waals surface area contributed by atoms with Crippen LogP contribution in [-0.4, -0.2) is 46.8 Å². The predicted molar refractivity (Wildman–Crippen MR) is 115 cm³/mol. The van der Waals surface area contributed by atoms with Crippen molar-refractivity contribution in [2.24, 2.45) is 0 Å². The van der Waals surface area contributed by atoms with Crippen molar-refractivity contribution in [3.63, 3.8) is 0 Å². The van der Waals surface area contributed by atoms with Crippen molar-refractivity contribution in [3.8, 4) is 0 Å². The number of hydrogen-bond donors (Lipinski definition) is 0. The molecule has 0 aliphatic rings. The Kier molecular flexibility index (Phi) is 17.7. The van der Waals surface area contributed by atoms with Gasteiger partial charge in [0, 0.05) is 39.5 Å². The van der Waals surface area contributed by atoms with Crippen molar-refractivity contribution < 1.29 is 22.9 Å². The highest BCUT2D eigenvalue weighted by atomic mass is 32.2. The Bertz CT molecular complexity index is 380. The number of unbranched alkanes of at least 4 members (excludes halogenated alkanes) is 9. The van der Waals surface area contributed by atoms with Gasteiger partial charge in [-0.3, -0.25) is 9.59 Å². The number of carbonyl (C=O) groups excluding carboxylic acids is 2. The second kappa shape index (κ2) is 17.9. The fraction of sp³-hybridized carbons (Fsp3) is 0.900. The first-order valence-corrected chi connectivity index (χ1v) is 13.3. The van der Waals surface area contributed by atoms with E-state index >= 15 is 0 Å². The molecule has 0 spiro atoms. The van der Waals surface area contributed by atoms with Gasteiger partial charge in [0.15, 0.2) is 0 Å². The topological polar surface area (TPSA) is 61.8 Å². The van der Waals surface area contributed by atoms with Crippen LogP contribution in [0.1, 0.15) is 84.0 Å². The average Bonchev–Trinajstić information content (AvgIpc) is 2.69. The zero-order chi connectivity index (χ0) is 20.4.